The quantitative estimate of drug-likeness (QED) is 0.138. The summed E-state index contributed by atoms with van der Waals surface area (Å²) in [5, 5.41) is 13.3. The Morgan fingerprint density at radius 2 is 1.63 bits per heavy atom. The Morgan fingerprint density at radius 1 is 0.896 bits per heavy atom. The molecule has 0 spiro atoms. The van der Waals surface area contributed by atoms with Crippen molar-refractivity contribution >= 4 is 34.3 Å². The topological polar surface area (TPSA) is 152 Å². The van der Waals surface area contributed by atoms with Gasteiger partial charge in [0.15, 0.2) is 0 Å². The number of carbonyl (C=O) groups excluding carboxylic acids is 4. The fourth-order valence-corrected chi connectivity index (χ4v) is 11.4. The molecule has 4 aliphatic rings. The first-order valence-electron chi connectivity index (χ1n) is 25.2. The van der Waals surface area contributed by atoms with E-state index in [0.29, 0.717) is 57.8 Å². The van der Waals surface area contributed by atoms with Gasteiger partial charge in [-0.2, -0.15) is 0 Å². The molecule has 6 rings (SSSR count). The van der Waals surface area contributed by atoms with Crippen molar-refractivity contribution in [1.29, 1.82) is 0 Å². The second kappa shape index (κ2) is 23.6. The Balaban J connectivity index is 1.27. The summed E-state index contributed by atoms with van der Waals surface area (Å²) in [7, 11) is 4.84. The predicted octanol–water partition coefficient (Wildman–Crippen LogP) is 8.95. The minimum Gasteiger partial charge on any atom is -0.488 e. The molecule has 1 amide bonds. The molecule has 13 heteroatoms. The number of methoxy groups -OCH3 is 3. The van der Waals surface area contributed by atoms with Gasteiger partial charge in [-0.05, 0) is 138 Å². The average molecular weight is 933 g/mol. The van der Waals surface area contributed by atoms with E-state index in [0.717, 1.165) is 48.1 Å². The molecule has 1 saturated carbocycles. The molecule has 1 aliphatic carbocycles. The Hall–Kier alpha value is -3.88. The second-order valence-corrected chi connectivity index (χ2v) is 20.4. The van der Waals surface area contributed by atoms with E-state index in [1.807, 2.05) is 33.8 Å². The number of carbonyl (C=O) groups is 4. The van der Waals surface area contributed by atoms with E-state index in [1.165, 1.54) is 10.4 Å². The highest BCUT2D eigenvalue weighted by atomic mass is 16.7. The lowest BCUT2D eigenvalue weighted by Gasteiger charge is -2.47. The molecular formula is C54H80N2O11. The van der Waals surface area contributed by atoms with Gasteiger partial charge < -0.3 is 43.0 Å². The number of allylic oxidation sites excluding steroid dienone is 3. The number of hydrogen-bond acceptors (Lipinski definition) is 11. The van der Waals surface area contributed by atoms with E-state index >= 15 is 0 Å². The summed E-state index contributed by atoms with van der Waals surface area (Å²) in [5.74, 6) is -5.34. The van der Waals surface area contributed by atoms with Gasteiger partial charge in [0.25, 0.3) is 11.7 Å². The van der Waals surface area contributed by atoms with Gasteiger partial charge in [0.2, 0.25) is 5.79 Å². The minimum absolute atomic E-state index is 0.0857. The molecule has 13 nitrogen and oxygen atoms in total. The van der Waals surface area contributed by atoms with Crippen LogP contribution in [0.25, 0.3) is 10.9 Å². The number of aliphatic hydroxyl groups is 1. The van der Waals surface area contributed by atoms with Gasteiger partial charge in [0.1, 0.15) is 35.9 Å². The molecule has 1 aromatic carbocycles. The summed E-state index contributed by atoms with van der Waals surface area (Å²) in [6.45, 7) is 15.1. The van der Waals surface area contributed by atoms with E-state index < -0.39 is 59.8 Å². The first-order chi connectivity index (χ1) is 32.0. The summed E-state index contributed by atoms with van der Waals surface area (Å²) >= 11 is 0. The zero-order valence-electron chi connectivity index (χ0n) is 42.0. The number of piperidine rings is 1. The Kier molecular flexibility index (Phi) is 18.5. The number of amides is 1. The van der Waals surface area contributed by atoms with Gasteiger partial charge >= 0.3 is 5.97 Å². The monoisotopic (exact) mass is 933 g/mol. The van der Waals surface area contributed by atoms with Crippen LogP contribution in [-0.4, -0.2) is 114 Å². The van der Waals surface area contributed by atoms with Crippen molar-refractivity contribution < 1.29 is 52.7 Å². The number of aryl methyl sites for hydroxylation is 1. The Morgan fingerprint density at radius 3 is 2.33 bits per heavy atom. The molecule has 1 aromatic heterocycles. The molecular weight excluding hydrogens is 853 g/mol. The highest BCUT2D eigenvalue weighted by Crippen LogP contribution is 2.40. The molecule has 4 heterocycles. The number of aromatic nitrogens is 1. The maximum Gasteiger partial charge on any atom is 0.329 e. The van der Waals surface area contributed by atoms with Crippen LogP contribution in [0.4, 0.5) is 0 Å². The molecule has 3 aliphatic heterocycles. The van der Waals surface area contributed by atoms with Crippen molar-refractivity contribution in [1.82, 2.24) is 9.47 Å². The zero-order valence-corrected chi connectivity index (χ0v) is 42.0. The van der Waals surface area contributed by atoms with Crippen molar-refractivity contribution in [2.24, 2.45) is 29.6 Å². The van der Waals surface area contributed by atoms with Crippen molar-refractivity contribution in [3.8, 4) is 5.75 Å². The standard InChI is InChI=1S/C54H80N2O11/c1-11-23-55-25-22-40-32-41(18-19-42(40)55)65-45-21-17-38(31-46(45)62-8)29-36(6)49-35(5)16-20-44(57)39(12-2)27-33(3)26-34(4)28-47(63-9)50-48(64-10)30-37(7)54(61,67-50)51(58)52(59)56-24-14-13-15-43(56)53(60)66-49/h18-19,22,25,27,29,32,34-35,37-39,43,45-50,61H,11-17,20-21,23-24,26,28,30-31H2,1-10H3. The number of esters is 1. The minimum atomic E-state index is -2.47. The van der Waals surface area contributed by atoms with Crippen molar-refractivity contribution in [2.45, 2.75) is 187 Å². The van der Waals surface area contributed by atoms with Crippen LogP contribution in [0.1, 0.15) is 132 Å². The lowest BCUT2D eigenvalue weighted by atomic mass is 9.82. The molecule has 2 saturated heterocycles. The van der Waals surface area contributed by atoms with E-state index in [-0.39, 0.29) is 54.6 Å². The van der Waals surface area contributed by atoms with Gasteiger partial charge in [-0.3, -0.25) is 14.4 Å². The predicted molar refractivity (Wildman–Crippen MR) is 257 cm³/mol. The Bertz CT molecular complexity index is 2080. The molecule has 2 aromatic rings. The van der Waals surface area contributed by atoms with Crippen LogP contribution in [0.5, 0.6) is 5.75 Å². The maximum atomic E-state index is 14.6. The van der Waals surface area contributed by atoms with Gasteiger partial charge in [-0.1, -0.05) is 52.3 Å². The normalized spacial score (nSPS) is 34.8. The van der Waals surface area contributed by atoms with Crippen LogP contribution in [0.3, 0.4) is 0 Å². The van der Waals surface area contributed by atoms with Crippen molar-refractivity contribution in [3.63, 3.8) is 0 Å². The van der Waals surface area contributed by atoms with E-state index in [9.17, 15) is 24.3 Å². The van der Waals surface area contributed by atoms with Crippen LogP contribution in [-0.2, 0) is 49.4 Å². The lowest BCUT2D eigenvalue weighted by molar-refractivity contribution is -0.302. The molecule has 13 atom stereocenters. The van der Waals surface area contributed by atoms with Crippen molar-refractivity contribution in [3.05, 3.63) is 53.8 Å². The summed E-state index contributed by atoms with van der Waals surface area (Å²) < 4.78 is 39.6. The third-order valence-corrected chi connectivity index (χ3v) is 15.2. The highest BCUT2D eigenvalue weighted by Gasteiger charge is 2.56. The number of benzene rings is 1. The highest BCUT2D eigenvalue weighted by molar-refractivity contribution is 6.39. The largest absolute Gasteiger partial charge is 0.488 e. The smallest absolute Gasteiger partial charge is 0.329 e. The van der Waals surface area contributed by atoms with Crippen molar-refractivity contribution in [2.75, 3.05) is 27.9 Å². The number of cyclic esters (lactones) is 1. The lowest BCUT2D eigenvalue weighted by Crippen LogP contribution is -2.64. The maximum absolute atomic E-state index is 14.6. The van der Waals surface area contributed by atoms with Gasteiger partial charge in [-0.15, -0.1) is 0 Å². The average Bonchev–Trinajstić information content (AvgIpc) is 3.72. The van der Waals surface area contributed by atoms with Crippen LogP contribution >= 0.6 is 0 Å². The fourth-order valence-electron chi connectivity index (χ4n) is 11.4. The van der Waals surface area contributed by atoms with Gasteiger partial charge in [0, 0.05) is 69.8 Å². The summed E-state index contributed by atoms with van der Waals surface area (Å²) in [5.41, 5.74) is 3.13. The fraction of sp³-hybridized carbons (Fsp3) is 0.704. The molecule has 2 bridgehead atoms. The molecule has 13 unspecified atom stereocenters. The number of Topliss-reactive ketones (excluding diaryl/α,β-unsaturated/α-hetero) is 2. The van der Waals surface area contributed by atoms with Crippen LogP contribution < -0.4 is 4.74 Å². The zero-order chi connectivity index (χ0) is 48.6. The summed E-state index contributed by atoms with van der Waals surface area (Å²) in [6, 6.07) is 7.33. The second-order valence-electron chi connectivity index (χ2n) is 20.4. The third-order valence-electron chi connectivity index (χ3n) is 15.2. The van der Waals surface area contributed by atoms with E-state index in [1.54, 1.807) is 28.3 Å². The first-order valence-corrected chi connectivity index (χ1v) is 25.2. The molecule has 67 heavy (non-hydrogen) atoms. The summed E-state index contributed by atoms with van der Waals surface area (Å²) in [4.78, 5) is 58.6. The van der Waals surface area contributed by atoms with Gasteiger partial charge in [-0.25, -0.2) is 4.79 Å². The molecule has 1 N–H and O–H groups in total. The SMILES string of the molecule is CCCn1ccc2cc(OC3CCC(C=C(C)C4OC(=O)C5CCCCN5C(=O)C(=O)C5(O)OC(C(OC)CC(C)CC(C)=CC(CC)C(=O)CCC4C)C(OC)CC5C)CC3OC)ccc21. The third kappa shape index (κ3) is 12.3. The molecule has 3 fully saturated rings. The first kappa shape index (κ1) is 52.5. The molecule has 372 valence electrons. The molecule has 0 radical (unpaired) electrons. The number of fused-ring (bicyclic) bond motifs is 4. The number of nitrogens with zero attached hydrogens (tertiary/aromatic N) is 2. The van der Waals surface area contributed by atoms with Crippen LogP contribution in [0.15, 0.2) is 53.8 Å². The number of ether oxygens (including phenoxy) is 6. The Labute approximate surface area is 399 Å². The van der Waals surface area contributed by atoms with Crippen LogP contribution in [0.2, 0.25) is 0 Å². The van der Waals surface area contributed by atoms with Gasteiger partial charge in [0.05, 0.1) is 18.3 Å². The number of hydrogen-bond donors (Lipinski definition) is 1. The summed E-state index contributed by atoms with van der Waals surface area (Å²) in [6.07, 6.45) is 11.2. The number of ketones is 2. The number of rotatable bonds is 10. The van der Waals surface area contributed by atoms with Crippen LogP contribution in [0, 0.1) is 29.6 Å². The van der Waals surface area contributed by atoms with E-state index in [4.69, 9.17) is 28.4 Å². The van der Waals surface area contributed by atoms with E-state index in [2.05, 4.69) is 55.0 Å².